The molecule has 0 amide bonds. The lowest BCUT2D eigenvalue weighted by Gasteiger charge is -2.14. The number of hydrogen-bond donors (Lipinski definition) is 1. The molecule has 0 radical (unpaired) electrons. The summed E-state index contributed by atoms with van der Waals surface area (Å²) in [6.45, 7) is 7.27. The average molecular weight is 157 g/mol. The van der Waals surface area contributed by atoms with E-state index in [1.165, 1.54) is 12.8 Å². The largest absolute Gasteiger partial charge is 0.377 e. The predicted molar refractivity (Wildman–Crippen MR) is 46.7 cm³/mol. The van der Waals surface area contributed by atoms with Crippen LogP contribution in [-0.4, -0.2) is 24.8 Å². The first-order valence-corrected chi connectivity index (χ1v) is 4.56. The second-order valence-electron chi connectivity index (χ2n) is 3.72. The van der Waals surface area contributed by atoms with Crippen LogP contribution < -0.4 is 5.32 Å². The summed E-state index contributed by atoms with van der Waals surface area (Å²) >= 11 is 0. The number of hydrogen-bond acceptors (Lipinski definition) is 2. The lowest BCUT2D eigenvalue weighted by molar-refractivity contribution is 0.0642. The van der Waals surface area contributed by atoms with Crippen molar-refractivity contribution in [3.8, 4) is 0 Å². The summed E-state index contributed by atoms with van der Waals surface area (Å²) in [6.07, 6.45) is 2.94. The molecular formula is C9H19NO. The minimum Gasteiger partial charge on any atom is -0.377 e. The molecule has 0 bridgehead atoms. The normalized spacial score (nSPS) is 31.6. The highest BCUT2D eigenvalue weighted by molar-refractivity contribution is 4.80. The minimum atomic E-state index is 0.368. The van der Waals surface area contributed by atoms with E-state index in [0.717, 1.165) is 6.61 Å². The predicted octanol–water partition coefficient (Wildman–Crippen LogP) is 1.55. The van der Waals surface area contributed by atoms with E-state index in [2.05, 4.69) is 26.1 Å². The van der Waals surface area contributed by atoms with Crippen molar-refractivity contribution in [2.45, 2.75) is 51.8 Å². The summed E-state index contributed by atoms with van der Waals surface area (Å²) in [7, 11) is 0. The van der Waals surface area contributed by atoms with E-state index in [-0.39, 0.29) is 0 Å². The maximum Gasteiger partial charge on any atom is 0.0623 e. The highest BCUT2D eigenvalue weighted by atomic mass is 16.5. The molecule has 1 N–H and O–H groups in total. The smallest absolute Gasteiger partial charge is 0.0623 e. The monoisotopic (exact) mass is 157 g/mol. The molecule has 1 fully saturated rings. The molecule has 1 saturated heterocycles. The molecule has 0 spiro atoms. The molecule has 2 nitrogen and oxygen atoms in total. The number of nitrogens with one attached hydrogen (secondary N) is 1. The SMILES string of the molecule is CC(C)OC[C@@H]1CC[C@@H](C)N1. The van der Waals surface area contributed by atoms with Crippen LogP contribution in [0.3, 0.4) is 0 Å². The van der Waals surface area contributed by atoms with Gasteiger partial charge in [0.1, 0.15) is 0 Å². The Morgan fingerprint density at radius 2 is 2.18 bits per heavy atom. The van der Waals surface area contributed by atoms with E-state index in [1.807, 2.05) is 0 Å². The Hall–Kier alpha value is -0.0800. The lowest BCUT2D eigenvalue weighted by Crippen LogP contribution is -2.31. The molecule has 66 valence electrons. The fraction of sp³-hybridized carbons (Fsp3) is 1.00. The minimum absolute atomic E-state index is 0.368. The second-order valence-corrected chi connectivity index (χ2v) is 3.72. The van der Waals surface area contributed by atoms with E-state index >= 15 is 0 Å². The van der Waals surface area contributed by atoms with Gasteiger partial charge < -0.3 is 10.1 Å². The fourth-order valence-electron chi connectivity index (χ4n) is 1.46. The van der Waals surface area contributed by atoms with Gasteiger partial charge in [-0.25, -0.2) is 0 Å². The molecular weight excluding hydrogens is 138 g/mol. The van der Waals surface area contributed by atoms with Gasteiger partial charge in [-0.15, -0.1) is 0 Å². The van der Waals surface area contributed by atoms with Crippen LogP contribution in [0.4, 0.5) is 0 Å². The zero-order valence-electron chi connectivity index (χ0n) is 7.76. The van der Waals surface area contributed by atoms with Crippen molar-refractivity contribution < 1.29 is 4.74 Å². The van der Waals surface area contributed by atoms with Gasteiger partial charge in [0.2, 0.25) is 0 Å². The van der Waals surface area contributed by atoms with Gasteiger partial charge in [0, 0.05) is 12.1 Å². The van der Waals surface area contributed by atoms with Crippen LogP contribution in [0.15, 0.2) is 0 Å². The first-order valence-electron chi connectivity index (χ1n) is 4.56. The Morgan fingerprint density at radius 1 is 1.45 bits per heavy atom. The Labute approximate surface area is 69.3 Å². The molecule has 0 unspecified atom stereocenters. The Bertz CT molecular complexity index is 114. The van der Waals surface area contributed by atoms with Crippen LogP contribution in [0.2, 0.25) is 0 Å². The Kier molecular flexibility index (Phi) is 3.34. The van der Waals surface area contributed by atoms with E-state index in [4.69, 9.17) is 4.74 Å². The van der Waals surface area contributed by atoms with Crippen molar-refractivity contribution in [3.05, 3.63) is 0 Å². The highest BCUT2D eigenvalue weighted by Gasteiger charge is 2.19. The zero-order valence-corrected chi connectivity index (χ0v) is 7.76. The number of rotatable bonds is 3. The van der Waals surface area contributed by atoms with Gasteiger partial charge in [0.05, 0.1) is 12.7 Å². The molecule has 0 saturated carbocycles. The van der Waals surface area contributed by atoms with Gasteiger partial charge >= 0.3 is 0 Å². The number of ether oxygens (including phenoxy) is 1. The van der Waals surface area contributed by atoms with E-state index < -0.39 is 0 Å². The van der Waals surface area contributed by atoms with Crippen LogP contribution in [0, 0.1) is 0 Å². The highest BCUT2D eigenvalue weighted by Crippen LogP contribution is 2.11. The van der Waals surface area contributed by atoms with Crippen LogP contribution >= 0.6 is 0 Å². The van der Waals surface area contributed by atoms with Gasteiger partial charge in [-0.05, 0) is 33.6 Å². The first-order chi connectivity index (χ1) is 5.18. The quantitative estimate of drug-likeness (QED) is 0.671. The molecule has 2 atom stereocenters. The van der Waals surface area contributed by atoms with Crippen LogP contribution in [0.5, 0.6) is 0 Å². The third-order valence-electron chi connectivity index (χ3n) is 2.10. The Morgan fingerprint density at radius 3 is 2.64 bits per heavy atom. The summed E-state index contributed by atoms with van der Waals surface area (Å²) in [5, 5.41) is 3.48. The Balaban J connectivity index is 2.08. The topological polar surface area (TPSA) is 21.3 Å². The van der Waals surface area contributed by atoms with Crippen LogP contribution in [-0.2, 0) is 4.74 Å². The second kappa shape index (κ2) is 4.07. The molecule has 0 aliphatic carbocycles. The summed E-state index contributed by atoms with van der Waals surface area (Å²) in [5.74, 6) is 0. The molecule has 11 heavy (non-hydrogen) atoms. The molecule has 1 rings (SSSR count). The van der Waals surface area contributed by atoms with Gasteiger partial charge in [-0.1, -0.05) is 0 Å². The van der Waals surface area contributed by atoms with Crippen molar-refractivity contribution in [1.82, 2.24) is 5.32 Å². The average Bonchev–Trinajstić information content (AvgIpc) is 2.31. The van der Waals surface area contributed by atoms with E-state index in [0.29, 0.717) is 18.2 Å². The molecule has 1 aliphatic heterocycles. The van der Waals surface area contributed by atoms with Crippen molar-refractivity contribution in [2.75, 3.05) is 6.61 Å². The van der Waals surface area contributed by atoms with E-state index in [9.17, 15) is 0 Å². The van der Waals surface area contributed by atoms with Crippen LogP contribution in [0.1, 0.15) is 33.6 Å². The maximum absolute atomic E-state index is 5.51. The summed E-state index contributed by atoms with van der Waals surface area (Å²) in [4.78, 5) is 0. The van der Waals surface area contributed by atoms with Crippen molar-refractivity contribution in [2.24, 2.45) is 0 Å². The van der Waals surface area contributed by atoms with E-state index in [1.54, 1.807) is 0 Å². The van der Waals surface area contributed by atoms with Crippen LogP contribution in [0.25, 0.3) is 0 Å². The van der Waals surface area contributed by atoms with Gasteiger partial charge in [0.25, 0.3) is 0 Å². The van der Waals surface area contributed by atoms with Crippen molar-refractivity contribution >= 4 is 0 Å². The summed E-state index contributed by atoms with van der Waals surface area (Å²) < 4.78 is 5.51. The molecule has 2 heteroatoms. The summed E-state index contributed by atoms with van der Waals surface area (Å²) in [6, 6.07) is 1.29. The molecule has 0 aromatic carbocycles. The zero-order chi connectivity index (χ0) is 8.27. The standard InChI is InChI=1S/C9H19NO/c1-7(2)11-6-9-5-4-8(3)10-9/h7-10H,4-6H2,1-3H3/t8-,9+/m1/s1. The third-order valence-corrected chi connectivity index (χ3v) is 2.10. The molecule has 1 heterocycles. The molecule has 0 aromatic rings. The maximum atomic E-state index is 5.51. The first kappa shape index (κ1) is 9.01. The van der Waals surface area contributed by atoms with Crippen molar-refractivity contribution in [1.29, 1.82) is 0 Å². The fourth-order valence-corrected chi connectivity index (χ4v) is 1.46. The van der Waals surface area contributed by atoms with Gasteiger partial charge in [-0.3, -0.25) is 0 Å². The third kappa shape index (κ3) is 3.21. The van der Waals surface area contributed by atoms with Crippen molar-refractivity contribution in [3.63, 3.8) is 0 Å². The van der Waals surface area contributed by atoms with Gasteiger partial charge in [-0.2, -0.15) is 0 Å². The molecule has 1 aliphatic rings. The lowest BCUT2D eigenvalue weighted by atomic mass is 10.2. The summed E-state index contributed by atoms with van der Waals surface area (Å²) in [5.41, 5.74) is 0. The van der Waals surface area contributed by atoms with Gasteiger partial charge in [0.15, 0.2) is 0 Å². The molecule has 0 aromatic heterocycles.